The minimum Gasteiger partial charge on any atom is -0.493 e. The topological polar surface area (TPSA) is 119 Å². The van der Waals surface area contributed by atoms with Crippen LogP contribution in [0.3, 0.4) is 0 Å². The van der Waals surface area contributed by atoms with Crippen LogP contribution in [0.4, 0.5) is 0 Å². The number of hydrogen-bond donors (Lipinski definition) is 2. The maximum absolute atomic E-state index is 13.3. The molecule has 0 saturated carbocycles. The molecule has 39 heavy (non-hydrogen) atoms. The monoisotopic (exact) mass is 550 g/mol. The van der Waals surface area contributed by atoms with Gasteiger partial charge in [-0.05, 0) is 48.7 Å². The van der Waals surface area contributed by atoms with Crippen LogP contribution in [-0.2, 0) is 17.8 Å². The molecule has 6 rings (SSSR count). The Labute approximate surface area is 230 Å². The Bertz CT molecular complexity index is 1360. The number of nitrogens with zero attached hydrogens (tertiary/aromatic N) is 2. The average molecular weight is 551 g/mol. The molecule has 1 saturated heterocycles. The third kappa shape index (κ3) is 6.14. The molecule has 0 aliphatic carbocycles. The summed E-state index contributed by atoms with van der Waals surface area (Å²) >= 11 is 1.48. The largest absolute Gasteiger partial charge is 0.493 e. The molecule has 4 heterocycles. The van der Waals surface area contributed by atoms with E-state index >= 15 is 0 Å². The van der Waals surface area contributed by atoms with Crippen LogP contribution in [-0.4, -0.2) is 66.6 Å². The number of rotatable bonds is 4. The third-order valence-electron chi connectivity index (χ3n) is 6.59. The number of likely N-dealkylation sites (tertiary alicyclic amines) is 1. The lowest BCUT2D eigenvalue weighted by molar-refractivity contribution is -0.123. The number of amides is 3. The van der Waals surface area contributed by atoms with E-state index in [-0.39, 0.29) is 36.6 Å². The van der Waals surface area contributed by atoms with Crippen molar-refractivity contribution >= 4 is 29.1 Å². The SMILES string of the molecule is CCCc1nc(C(=O)N2C[C@@H]3NC(=O)c4ccc(OC)c(c4)OCC(=O)NCc4ccc(cc4)O[C@H]3C2)cs1. The van der Waals surface area contributed by atoms with Crippen molar-refractivity contribution in [2.75, 3.05) is 26.8 Å². The van der Waals surface area contributed by atoms with Crippen LogP contribution in [0.5, 0.6) is 17.2 Å². The fourth-order valence-electron chi connectivity index (χ4n) is 4.54. The summed E-state index contributed by atoms with van der Waals surface area (Å²) in [6, 6.07) is 11.6. The van der Waals surface area contributed by atoms with Crippen molar-refractivity contribution in [3.05, 3.63) is 69.7 Å². The summed E-state index contributed by atoms with van der Waals surface area (Å²) < 4.78 is 17.3. The van der Waals surface area contributed by atoms with Gasteiger partial charge in [0, 0.05) is 24.0 Å². The molecule has 3 amide bonds. The molecule has 2 aromatic carbocycles. The molecule has 0 radical (unpaired) electrons. The van der Waals surface area contributed by atoms with E-state index in [0.29, 0.717) is 35.8 Å². The van der Waals surface area contributed by atoms with Crippen molar-refractivity contribution in [1.29, 1.82) is 0 Å². The van der Waals surface area contributed by atoms with E-state index in [1.54, 1.807) is 22.4 Å². The normalized spacial score (nSPS) is 19.3. The lowest BCUT2D eigenvalue weighted by Crippen LogP contribution is -2.45. The first kappa shape index (κ1) is 26.5. The number of methoxy groups -OCH3 is 1. The van der Waals surface area contributed by atoms with Gasteiger partial charge in [-0.1, -0.05) is 19.1 Å². The summed E-state index contributed by atoms with van der Waals surface area (Å²) in [7, 11) is 1.49. The number of nitrogens with one attached hydrogen (secondary N) is 2. The molecule has 11 heteroatoms. The Morgan fingerprint density at radius 1 is 1.18 bits per heavy atom. The molecule has 3 aromatic rings. The Morgan fingerprint density at radius 2 is 2.00 bits per heavy atom. The van der Waals surface area contributed by atoms with Gasteiger partial charge in [-0.25, -0.2) is 4.98 Å². The van der Waals surface area contributed by atoms with E-state index in [2.05, 4.69) is 22.5 Å². The maximum atomic E-state index is 13.3. The quantitative estimate of drug-likeness (QED) is 0.513. The van der Waals surface area contributed by atoms with Crippen LogP contribution >= 0.6 is 11.3 Å². The summed E-state index contributed by atoms with van der Waals surface area (Å²) in [4.78, 5) is 45.1. The Kier molecular flexibility index (Phi) is 7.97. The molecule has 3 aliphatic rings. The van der Waals surface area contributed by atoms with Gasteiger partial charge in [0.05, 0.1) is 24.7 Å². The number of benzene rings is 2. The van der Waals surface area contributed by atoms with Crippen LogP contribution in [0, 0.1) is 0 Å². The van der Waals surface area contributed by atoms with Gasteiger partial charge in [0.2, 0.25) is 0 Å². The molecular formula is C28H30N4O6S. The molecule has 1 aromatic heterocycles. The number of thiazole rings is 1. The summed E-state index contributed by atoms with van der Waals surface area (Å²) in [6.07, 6.45) is 1.30. The number of hydrogen-bond acceptors (Lipinski definition) is 8. The highest BCUT2D eigenvalue weighted by Crippen LogP contribution is 2.29. The number of carbonyl (C=O) groups is 3. The second kappa shape index (κ2) is 11.7. The van der Waals surface area contributed by atoms with Gasteiger partial charge in [-0.3, -0.25) is 14.4 Å². The van der Waals surface area contributed by atoms with Gasteiger partial charge in [0.15, 0.2) is 18.1 Å². The standard InChI is InChI=1S/C28H30N4O6S/c1-3-4-26-30-21(16-39-26)28(35)32-13-20-24(14-32)38-19-8-5-17(6-9-19)12-29-25(33)15-37-23-11-18(27(34)31-20)7-10-22(23)36-2/h5-11,16,20,24H,3-4,12-15H2,1-2H3,(H,29,33)(H,31,34)/t20-,24-/m0/s1. The second-order valence-electron chi connectivity index (χ2n) is 9.40. The molecule has 2 N–H and O–H groups in total. The van der Waals surface area contributed by atoms with Gasteiger partial charge in [0.1, 0.15) is 17.5 Å². The predicted molar refractivity (Wildman–Crippen MR) is 144 cm³/mol. The first-order valence-corrected chi connectivity index (χ1v) is 13.7. The van der Waals surface area contributed by atoms with Crippen LogP contribution in [0.15, 0.2) is 47.8 Å². The maximum Gasteiger partial charge on any atom is 0.273 e. The van der Waals surface area contributed by atoms with Crippen LogP contribution < -0.4 is 24.8 Å². The van der Waals surface area contributed by atoms with Gasteiger partial charge in [0.25, 0.3) is 17.7 Å². The number of aryl methyl sites for hydroxylation is 1. The Hall–Kier alpha value is -4.12. The zero-order chi connectivity index (χ0) is 27.4. The molecule has 2 atom stereocenters. The van der Waals surface area contributed by atoms with Crippen molar-refractivity contribution in [1.82, 2.24) is 20.5 Å². The van der Waals surface area contributed by atoms with Gasteiger partial charge < -0.3 is 29.7 Å². The Morgan fingerprint density at radius 3 is 2.77 bits per heavy atom. The summed E-state index contributed by atoms with van der Waals surface area (Å²) in [5.41, 5.74) is 1.62. The Balaban J connectivity index is 1.42. The van der Waals surface area contributed by atoms with Crippen LogP contribution in [0.2, 0.25) is 0 Å². The zero-order valence-corrected chi connectivity index (χ0v) is 22.6. The van der Waals surface area contributed by atoms with Crippen LogP contribution in [0.25, 0.3) is 0 Å². The van der Waals surface area contributed by atoms with Gasteiger partial charge >= 0.3 is 0 Å². The first-order chi connectivity index (χ1) is 18.9. The van der Waals surface area contributed by atoms with Gasteiger partial charge in [-0.15, -0.1) is 11.3 Å². The van der Waals surface area contributed by atoms with E-state index in [4.69, 9.17) is 14.2 Å². The summed E-state index contributed by atoms with van der Waals surface area (Å²) in [5.74, 6) is 0.415. The molecule has 4 bridgehead atoms. The molecule has 0 spiro atoms. The highest BCUT2D eigenvalue weighted by molar-refractivity contribution is 7.09. The highest BCUT2D eigenvalue weighted by atomic mass is 32.1. The van der Waals surface area contributed by atoms with E-state index in [9.17, 15) is 14.4 Å². The van der Waals surface area contributed by atoms with Crippen LogP contribution in [0.1, 0.15) is 44.8 Å². The molecular weight excluding hydrogens is 520 g/mol. The van der Waals surface area contributed by atoms with Crippen molar-refractivity contribution in [2.45, 2.75) is 38.5 Å². The smallest absolute Gasteiger partial charge is 0.273 e. The first-order valence-electron chi connectivity index (χ1n) is 12.8. The molecule has 1 fully saturated rings. The lowest BCUT2D eigenvalue weighted by Gasteiger charge is -2.21. The summed E-state index contributed by atoms with van der Waals surface area (Å²) in [5, 5.41) is 8.56. The minimum atomic E-state index is -0.484. The second-order valence-corrected chi connectivity index (χ2v) is 10.3. The minimum absolute atomic E-state index is 0.188. The fourth-order valence-corrected chi connectivity index (χ4v) is 5.41. The van der Waals surface area contributed by atoms with Crippen molar-refractivity contribution in [3.63, 3.8) is 0 Å². The van der Waals surface area contributed by atoms with Crippen molar-refractivity contribution < 1.29 is 28.6 Å². The van der Waals surface area contributed by atoms with Crippen molar-refractivity contribution in [3.8, 4) is 17.2 Å². The summed E-state index contributed by atoms with van der Waals surface area (Å²) in [6.45, 7) is 2.72. The van der Waals surface area contributed by atoms with E-state index in [1.807, 2.05) is 24.3 Å². The number of fused-ring (bicyclic) bond motifs is 7. The predicted octanol–water partition coefficient (Wildman–Crippen LogP) is 2.81. The average Bonchev–Trinajstić information content (AvgIpc) is 3.58. The third-order valence-corrected chi connectivity index (χ3v) is 7.50. The number of carbonyl (C=O) groups excluding carboxylic acids is 3. The van der Waals surface area contributed by atoms with Crippen molar-refractivity contribution in [2.24, 2.45) is 0 Å². The molecule has 0 unspecified atom stereocenters. The molecule has 204 valence electrons. The van der Waals surface area contributed by atoms with Gasteiger partial charge in [-0.2, -0.15) is 0 Å². The van der Waals surface area contributed by atoms with E-state index < -0.39 is 12.1 Å². The number of aromatic nitrogens is 1. The van der Waals surface area contributed by atoms with E-state index in [1.165, 1.54) is 24.5 Å². The highest BCUT2D eigenvalue weighted by Gasteiger charge is 2.39. The zero-order valence-electron chi connectivity index (χ0n) is 21.8. The molecule has 10 nitrogen and oxygen atoms in total. The lowest BCUT2D eigenvalue weighted by atomic mass is 10.1. The fraction of sp³-hybridized carbons (Fsp3) is 0.357. The van der Waals surface area contributed by atoms with E-state index in [0.717, 1.165) is 23.4 Å². The number of ether oxygens (including phenoxy) is 3. The molecule has 3 aliphatic heterocycles.